The van der Waals surface area contributed by atoms with Crippen molar-refractivity contribution in [2.45, 2.75) is 0 Å². The van der Waals surface area contributed by atoms with Gasteiger partial charge in [0.2, 0.25) is 5.88 Å². The summed E-state index contributed by atoms with van der Waals surface area (Å²) in [5.74, 6) is 1.92. The summed E-state index contributed by atoms with van der Waals surface area (Å²) in [5, 5.41) is 16.1. The Bertz CT molecular complexity index is 1230. The molecule has 0 fully saturated rings. The van der Waals surface area contributed by atoms with E-state index in [9.17, 15) is 4.79 Å². The van der Waals surface area contributed by atoms with E-state index in [0.717, 1.165) is 5.56 Å². The van der Waals surface area contributed by atoms with Crippen molar-refractivity contribution >= 4 is 23.2 Å². The summed E-state index contributed by atoms with van der Waals surface area (Å²) in [7, 11) is 1.60. The van der Waals surface area contributed by atoms with Gasteiger partial charge in [0.25, 0.3) is 5.91 Å². The van der Waals surface area contributed by atoms with Gasteiger partial charge >= 0.3 is 0 Å². The van der Waals surface area contributed by atoms with Crippen LogP contribution in [-0.4, -0.2) is 52.6 Å². The summed E-state index contributed by atoms with van der Waals surface area (Å²) >= 11 is 5.89. The Kier molecular flexibility index (Phi) is 6.66. The van der Waals surface area contributed by atoms with E-state index in [2.05, 4.69) is 20.6 Å². The maximum atomic E-state index is 11.9. The molecule has 2 aromatic carbocycles. The van der Waals surface area contributed by atoms with Crippen LogP contribution in [0.4, 0.5) is 0 Å². The summed E-state index contributed by atoms with van der Waals surface area (Å²) in [6.07, 6.45) is 0. The van der Waals surface area contributed by atoms with Gasteiger partial charge in [-0.3, -0.25) is 4.79 Å². The van der Waals surface area contributed by atoms with E-state index in [-0.39, 0.29) is 19.1 Å². The summed E-state index contributed by atoms with van der Waals surface area (Å²) in [6.45, 7) is 0.412. The Morgan fingerprint density at radius 2 is 1.88 bits per heavy atom. The highest BCUT2D eigenvalue weighted by Gasteiger charge is 2.11. The largest absolute Gasteiger partial charge is 0.497 e. The lowest BCUT2D eigenvalue weighted by molar-refractivity contribution is -0.123. The standard InChI is InChI=1S/C22H20ClN5O4/c1-30-17-6-2-4-15(12-17)22-26-25-19-8-9-21(27-28(19)22)31-11-10-24-20(29)14-32-18-7-3-5-16(23)13-18/h2-9,12-13H,10-11,14H2,1H3,(H,24,29). The van der Waals surface area contributed by atoms with Gasteiger partial charge in [0.1, 0.15) is 18.1 Å². The first-order valence-corrected chi connectivity index (χ1v) is 10.1. The molecule has 0 atom stereocenters. The highest BCUT2D eigenvalue weighted by Crippen LogP contribution is 2.23. The zero-order valence-electron chi connectivity index (χ0n) is 17.2. The van der Waals surface area contributed by atoms with Gasteiger partial charge in [0.05, 0.1) is 13.7 Å². The van der Waals surface area contributed by atoms with E-state index >= 15 is 0 Å². The molecule has 32 heavy (non-hydrogen) atoms. The van der Waals surface area contributed by atoms with Gasteiger partial charge in [-0.2, -0.15) is 4.52 Å². The fourth-order valence-electron chi connectivity index (χ4n) is 2.89. The Labute approximate surface area is 188 Å². The van der Waals surface area contributed by atoms with E-state index < -0.39 is 0 Å². The zero-order valence-corrected chi connectivity index (χ0v) is 18.0. The van der Waals surface area contributed by atoms with Crippen molar-refractivity contribution in [1.82, 2.24) is 25.1 Å². The van der Waals surface area contributed by atoms with Gasteiger partial charge in [-0.15, -0.1) is 15.3 Å². The van der Waals surface area contributed by atoms with E-state index in [0.29, 0.717) is 40.4 Å². The van der Waals surface area contributed by atoms with Crippen molar-refractivity contribution in [3.63, 3.8) is 0 Å². The number of rotatable bonds is 9. The van der Waals surface area contributed by atoms with E-state index in [4.69, 9.17) is 25.8 Å². The number of nitrogens with one attached hydrogen (secondary N) is 1. The van der Waals surface area contributed by atoms with Crippen LogP contribution in [0.15, 0.2) is 60.7 Å². The van der Waals surface area contributed by atoms with Gasteiger partial charge in [-0.05, 0) is 36.4 Å². The molecule has 1 N–H and O–H groups in total. The third-order valence-electron chi connectivity index (χ3n) is 4.41. The first-order valence-electron chi connectivity index (χ1n) is 9.77. The molecule has 4 aromatic rings. The molecule has 0 aliphatic heterocycles. The first kappa shape index (κ1) is 21.4. The second-order valence-corrected chi connectivity index (χ2v) is 7.08. The van der Waals surface area contributed by atoms with Crippen LogP contribution in [0.2, 0.25) is 5.02 Å². The van der Waals surface area contributed by atoms with Crippen LogP contribution in [0, 0.1) is 0 Å². The lowest BCUT2D eigenvalue weighted by Gasteiger charge is -2.09. The quantitative estimate of drug-likeness (QED) is 0.389. The second-order valence-electron chi connectivity index (χ2n) is 6.64. The van der Waals surface area contributed by atoms with Crippen LogP contribution in [0.1, 0.15) is 0 Å². The molecule has 0 saturated heterocycles. The molecule has 0 radical (unpaired) electrons. The van der Waals surface area contributed by atoms with Gasteiger partial charge in [-0.1, -0.05) is 29.8 Å². The monoisotopic (exact) mass is 453 g/mol. The van der Waals surface area contributed by atoms with Gasteiger partial charge in [0.15, 0.2) is 18.1 Å². The van der Waals surface area contributed by atoms with Crippen LogP contribution in [0.3, 0.4) is 0 Å². The minimum atomic E-state index is -0.267. The average Bonchev–Trinajstić information content (AvgIpc) is 3.24. The van der Waals surface area contributed by atoms with Crippen molar-refractivity contribution in [3.8, 4) is 28.8 Å². The van der Waals surface area contributed by atoms with Crippen molar-refractivity contribution in [3.05, 3.63) is 65.7 Å². The number of aromatic nitrogens is 4. The predicted octanol–water partition coefficient (Wildman–Crippen LogP) is 3.03. The molecular weight excluding hydrogens is 434 g/mol. The van der Waals surface area contributed by atoms with E-state index in [1.165, 1.54) is 0 Å². The highest BCUT2D eigenvalue weighted by atomic mass is 35.5. The SMILES string of the molecule is COc1cccc(-c2nnc3ccc(OCCNC(=O)COc4cccc(Cl)c4)nn23)c1. The molecule has 0 unspecified atom stereocenters. The number of benzene rings is 2. The Balaban J connectivity index is 1.31. The summed E-state index contributed by atoms with van der Waals surface area (Å²) in [4.78, 5) is 11.9. The molecule has 2 heterocycles. The van der Waals surface area contributed by atoms with Crippen molar-refractivity contribution in [2.24, 2.45) is 0 Å². The number of methoxy groups -OCH3 is 1. The van der Waals surface area contributed by atoms with Crippen LogP contribution < -0.4 is 19.5 Å². The molecule has 164 valence electrons. The molecule has 0 saturated carbocycles. The molecule has 4 rings (SSSR count). The number of carbonyl (C=O) groups excluding carboxylic acids is 1. The summed E-state index contributed by atoms with van der Waals surface area (Å²) < 4.78 is 17.9. The number of halogens is 1. The minimum absolute atomic E-state index is 0.116. The topological polar surface area (TPSA) is 99.9 Å². The molecule has 1 amide bonds. The number of hydrogen-bond donors (Lipinski definition) is 1. The third kappa shape index (κ3) is 5.25. The minimum Gasteiger partial charge on any atom is -0.497 e. The number of carbonyl (C=O) groups is 1. The highest BCUT2D eigenvalue weighted by molar-refractivity contribution is 6.30. The summed E-state index contributed by atoms with van der Waals surface area (Å²) in [6, 6.07) is 17.8. The Morgan fingerprint density at radius 3 is 2.72 bits per heavy atom. The van der Waals surface area contributed by atoms with Crippen molar-refractivity contribution in [2.75, 3.05) is 26.9 Å². The zero-order chi connectivity index (χ0) is 22.3. The number of amides is 1. The number of fused-ring (bicyclic) bond motifs is 1. The fraction of sp³-hybridized carbons (Fsp3) is 0.182. The lowest BCUT2D eigenvalue weighted by Crippen LogP contribution is -2.32. The van der Waals surface area contributed by atoms with Crippen LogP contribution >= 0.6 is 11.6 Å². The van der Waals surface area contributed by atoms with Gasteiger partial charge < -0.3 is 19.5 Å². The molecule has 0 aliphatic rings. The normalized spacial score (nSPS) is 10.7. The fourth-order valence-corrected chi connectivity index (χ4v) is 3.07. The van der Waals surface area contributed by atoms with E-state index in [1.807, 2.05) is 24.3 Å². The number of nitrogens with zero attached hydrogens (tertiary/aromatic N) is 4. The molecule has 9 nitrogen and oxygen atoms in total. The van der Waals surface area contributed by atoms with Gasteiger partial charge in [0, 0.05) is 16.7 Å². The summed E-state index contributed by atoms with van der Waals surface area (Å²) in [5.41, 5.74) is 1.40. The van der Waals surface area contributed by atoms with E-state index in [1.54, 1.807) is 48.0 Å². The molecule has 0 aliphatic carbocycles. The smallest absolute Gasteiger partial charge is 0.258 e. The average molecular weight is 454 g/mol. The van der Waals surface area contributed by atoms with Crippen LogP contribution in [0.5, 0.6) is 17.4 Å². The number of hydrogen-bond acceptors (Lipinski definition) is 7. The molecular formula is C22H20ClN5O4. The maximum absolute atomic E-state index is 11.9. The Morgan fingerprint density at radius 1 is 1.03 bits per heavy atom. The number of ether oxygens (including phenoxy) is 3. The molecule has 2 aromatic heterocycles. The second kappa shape index (κ2) is 9.97. The lowest BCUT2D eigenvalue weighted by atomic mass is 10.2. The Hall–Kier alpha value is -3.85. The maximum Gasteiger partial charge on any atom is 0.258 e. The van der Waals surface area contributed by atoms with Crippen molar-refractivity contribution < 1.29 is 19.0 Å². The molecule has 10 heteroatoms. The predicted molar refractivity (Wildman–Crippen MR) is 118 cm³/mol. The van der Waals surface area contributed by atoms with Gasteiger partial charge in [-0.25, -0.2) is 0 Å². The first-order chi connectivity index (χ1) is 15.6. The van der Waals surface area contributed by atoms with Crippen molar-refractivity contribution in [1.29, 1.82) is 0 Å². The molecule has 0 spiro atoms. The third-order valence-corrected chi connectivity index (χ3v) is 4.64. The van der Waals surface area contributed by atoms with Crippen LogP contribution in [-0.2, 0) is 4.79 Å². The molecule has 0 bridgehead atoms. The van der Waals surface area contributed by atoms with Crippen LogP contribution in [0.25, 0.3) is 17.0 Å².